The largest absolute Gasteiger partial charge is 0.497 e. The smallest absolute Gasteiger partial charge is 0.119 e. The summed E-state index contributed by atoms with van der Waals surface area (Å²) in [4.78, 5) is 0. The van der Waals surface area contributed by atoms with Gasteiger partial charge in [-0.2, -0.15) is 0 Å². The third kappa shape index (κ3) is 5.91. The van der Waals surface area contributed by atoms with Crippen LogP contribution >= 0.6 is 0 Å². The van der Waals surface area contributed by atoms with Crippen molar-refractivity contribution in [3.05, 3.63) is 71.8 Å². The van der Waals surface area contributed by atoms with E-state index in [2.05, 4.69) is 76.2 Å². The lowest BCUT2D eigenvalue weighted by Crippen LogP contribution is -2.11. The molecule has 0 aliphatic rings. The van der Waals surface area contributed by atoms with Crippen molar-refractivity contribution >= 4 is 0 Å². The van der Waals surface area contributed by atoms with Gasteiger partial charge in [0.2, 0.25) is 0 Å². The summed E-state index contributed by atoms with van der Waals surface area (Å²) in [5.41, 5.74) is 7.53. The van der Waals surface area contributed by atoms with Gasteiger partial charge in [-0.1, -0.05) is 69.5 Å². The minimum absolute atomic E-state index is 0.648. The van der Waals surface area contributed by atoms with E-state index in [1.165, 1.54) is 59.1 Å². The molecule has 3 aromatic rings. The molecule has 0 aromatic heterocycles. The first-order valence-electron chi connectivity index (χ1n) is 11.5. The lowest BCUT2D eigenvalue weighted by molar-refractivity contribution is 0.233. The second-order valence-electron chi connectivity index (χ2n) is 8.46. The van der Waals surface area contributed by atoms with Gasteiger partial charge in [0.15, 0.2) is 0 Å². The molecule has 0 aliphatic heterocycles. The molecular weight excluding hydrogens is 380 g/mol. The number of ether oxygens (including phenoxy) is 2. The van der Waals surface area contributed by atoms with Gasteiger partial charge >= 0.3 is 0 Å². The van der Waals surface area contributed by atoms with Crippen molar-refractivity contribution in [2.75, 3.05) is 13.7 Å². The number of hydrogen-bond donors (Lipinski definition) is 0. The van der Waals surface area contributed by atoms with Gasteiger partial charge < -0.3 is 9.47 Å². The minimum atomic E-state index is 0.648. The van der Waals surface area contributed by atoms with E-state index >= 15 is 0 Å². The van der Waals surface area contributed by atoms with Crippen LogP contribution in [0, 0.1) is 19.8 Å². The summed E-state index contributed by atoms with van der Waals surface area (Å²) in [6, 6.07) is 21.4. The molecule has 0 radical (unpaired) electrons. The Bertz CT molecular complexity index is 955. The van der Waals surface area contributed by atoms with E-state index in [4.69, 9.17) is 9.47 Å². The predicted octanol–water partition coefficient (Wildman–Crippen LogP) is 8.24. The maximum Gasteiger partial charge on any atom is 0.119 e. The Kier molecular flexibility index (Phi) is 8.17. The second-order valence-corrected chi connectivity index (χ2v) is 8.46. The highest BCUT2D eigenvalue weighted by Crippen LogP contribution is 2.33. The highest BCUT2D eigenvalue weighted by Gasteiger charge is 2.10. The van der Waals surface area contributed by atoms with Gasteiger partial charge in [0.25, 0.3) is 0 Å². The molecule has 0 saturated heterocycles. The monoisotopic (exact) mass is 416 g/mol. The van der Waals surface area contributed by atoms with Crippen LogP contribution in [0.25, 0.3) is 22.3 Å². The minimum Gasteiger partial charge on any atom is -0.497 e. The number of aryl methyl sites for hydroxylation is 2. The Morgan fingerprint density at radius 2 is 1.26 bits per heavy atom. The fraction of sp³-hybridized carbons (Fsp3) is 0.379. The molecule has 0 spiro atoms. The first-order valence-corrected chi connectivity index (χ1v) is 11.5. The zero-order chi connectivity index (χ0) is 22.2. The van der Waals surface area contributed by atoms with E-state index < -0.39 is 0 Å². The van der Waals surface area contributed by atoms with Gasteiger partial charge in [0, 0.05) is 0 Å². The molecule has 31 heavy (non-hydrogen) atoms. The Hall–Kier alpha value is -2.74. The maximum atomic E-state index is 6.09. The first-order chi connectivity index (χ1) is 15.0. The first kappa shape index (κ1) is 22.9. The Labute approximate surface area is 188 Å². The second kappa shape index (κ2) is 11.0. The average molecular weight is 417 g/mol. The number of rotatable bonds is 10. The predicted molar refractivity (Wildman–Crippen MR) is 132 cm³/mol. The number of unbranched alkanes of at least 4 members (excludes halogenated alkanes) is 1. The molecular formula is C29H36O2. The van der Waals surface area contributed by atoms with Gasteiger partial charge in [-0.3, -0.25) is 0 Å². The van der Waals surface area contributed by atoms with E-state index in [0.717, 1.165) is 18.1 Å². The lowest BCUT2D eigenvalue weighted by atomic mass is 9.92. The average Bonchev–Trinajstić information content (AvgIpc) is 2.81. The Morgan fingerprint density at radius 1 is 0.742 bits per heavy atom. The van der Waals surface area contributed by atoms with Crippen LogP contribution < -0.4 is 9.47 Å². The highest BCUT2D eigenvalue weighted by atomic mass is 16.5. The fourth-order valence-electron chi connectivity index (χ4n) is 4.05. The molecule has 0 fully saturated rings. The van der Waals surface area contributed by atoms with Crippen LogP contribution in [0.2, 0.25) is 0 Å². The Balaban J connectivity index is 1.74. The van der Waals surface area contributed by atoms with Gasteiger partial charge in [-0.15, -0.1) is 0 Å². The molecule has 164 valence electrons. The quantitative estimate of drug-likeness (QED) is 0.331. The van der Waals surface area contributed by atoms with Gasteiger partial charge in [0.1, 0.15) is 11.5 Å². The highest BCUT2D eigenvalue weighted by molar-refractivity contribution is 5.76. The fourth-order valence-corrected chi connectivity index (χ4v) is 4.05. The summed E-state index contributed by atoms with van der Waals surface area (Å²) in [6.07, 6.45) is 4.97. The van der Waals surface area contributed by atoms with Crippen LogP contribution in [0.5, 0.6) is 11.5 Å². The summed E-state index contributed by atoms with van der Waals surface area (Å²) >= 11 is 0. The van der Waals surface area contributed by atoms with Gasteiger partial charge in [-0.05, 0) is 83.8 Å². The Morgan fingerprint density at radius 3 is 1.71 bits per heavy atom. The molecule has 0 bridgehead atoms. The van der Waals surface area contributed by atoms with Crippen LogP contribution in [0.1, 0.15) is 50.7 Å². The SMILES string of the molecule is CCCC[C@H](CC)COc1ccc(-c2cc(C)c(-c3ccc(OC)cc3)cc2C)cc1. The van der Waals surface area contributed by atoms with Crippen molar-refractivity contribution in [2.45, 2.75) is 53.4 Å². The molecule has 0 amide bonds. The molecule has 0 heterocycles. The lowest BCUT2D eigenvalue weighted by Gasteiger charge is -2.16. The van der Waals surface area contributed by atoms with E-state index in [-0.39, 0.29) is 0 Å². The zero-order valence-electron chi connectivity index (χ0n) is 19.7. The molecule has 3 rings (SSSR count). The van der Waals surface area contributed by atoms with E-state index in [0.29, 0.717) is 5.92 Å². The van der Waals surface area contributed by atoms with Gasteiger partial charge in [0.05, 0.1) is 13.7 Å². The number of methoxy groups -OCH3 is 1. The van der Waals surface area contributed by atoms with E-state index in [1.807, 2.05) is 12.1 Å². The molecule has 0 saturated carbocycles. The van der Waals surface area contributed by atoms with Crippen molar-refractivity contribution in [1.82, 2.24) is 0 Å². The molecule has 1 atom stereocenters. The van der Waals surface area contributed by atoms with Crippen molar-refractivity contribution in [3.63, 3.8) is 0 Å². The van der Waals surface area contributed by atoms with Crippen molar-refractivity contribution < 1.29 is 9.47 Å². The summed E-state index contributed by atoms with van der Waals surface area (Å²) in [5.74, 6) is 2.49. The summed E-state index contributed by atoms with van der Waals surface area (Å²) in [5, 5.41) is 0. The molecule has 0 aliphatic carbocycles. The maximum absolute atomic E-state index is 6.09. The van der Waals surface area contributed by atoms with E-state index in [1.54, 1.807) is 7.11 Å². The number of hydrogen-bond acceptors (Lipinski definition) is 2. The molecule has 2 nitrogen and oxygen atoms in total. The topological polar surface area (TPSA) is 18.5 Å². The van der Waals surface area contributed by atoms with Crippen LogP contribution in [-0.2, 0) is 0 Å². The molecule has 0 N–H and O–H groups in total. The molecule has 2 heteroatoms. The van der Waals surface area contributed by atoms with Gasteiger partial charge in [-0.25, -0.2) is 0 Å². The summed E-state index contributed by atoms with van der Waals surface area (Å²) < 4.78 is 11.4. The van der Waals surface area contributed by atoms with E-state index in [9.17, 15) is 0 Å². The van der Waals surface area contributed by atoms with Crippen LogP contribution in [0.4, 0.5) is 0 Å². The number of benzene rings is 3. The summed E-state index contributed by atoms with van der Waals surface area (Å²) in [7, 11) is 1.70. The standard InChI is InChI=1S/C29H36O2/c1-6-8-9-23(7-2)20-31-27-16-12-25(13-17-27)29-19-21(3)28(18-22(29)4)24-10-14-26(30-5)15-11-24/h10-19,23H,6-9,20H2,1-5H3/t23-/m0/s1. The van der Waals surface area contributed by atoms with Crippen molar-refractivity contribution in [1.29, 1.82) is 0 Å². The van der Waals surface area contributed by atoms with Crippen molar-refractivity contribution in [2.24, 2.45) is 5.92 Å². The third-order valence-corrected chi connectivity index (χ3v) is 6.17. The third-order valence-electron chi connectivity index (χ3n) is 6.17. The zero-order valence-corrected chi connectivity index (χ0v) is 19.7. The van der Waals surface area contributed by atoms with Crippen LogP contribution in [0.15, 0.2) is 60.7 Å². The summed E-state index contributed by atoms with van der Waals surface area (Å²) in [6.45, 7) is 9.69. The molecule has 0 unspecified atom stereocenters. The van der Waals surface area contributed by atoms with Crippen LogP contribution in [0.3, 0.4) is 0 Å². The normalized spacial score (nSPS) is 11.9. The molecule has 3 aromatic carbocycles. The van der Waals surface area contributed by atoms with Crippen molar-refractivity contribution in [3.8, 4) is 33.8 Å². The van der Waals surface area contributed by atoms with Crippen LogP contribution in [-0.4, -0.2) is 13.7 Å².